The van der Waals surface area contributed by atoms with Crippen LogP contribution in [0.15, 0.2) is 24.3 Å². The molecule has 0 bridgehead atoms. The minimum atomic E-state index is 0.0269. The lowest BCUT2D eigenvalue weighted by atomic mass is 10.1. The average molecular weight is 270 g/mol. The number of nitrogen functional groups attached to an aromatic ring is 1. The van der Waals surface area contributed by atoms with E-state index in [1.54, 1.807) is 0 Å². The van der Waals surface area contributed by atoms with E-state index in [4.69, 9.17) is 5.73 Å². The van der Waals surface area contributed by atoms with E-state index < -0.39 is 0 Å². The fourth-order valence-corrected chi connectivity index (χ4v) is 2.20. The molecule has 2 aromatic rings. The number of nitrogens with zero attached hydrogens (tertiary/aromatic N) is 1. The smallest absolute Gasteiger partial charge is 0.239 e. The van der Waals surface area contributed by atoms with Gasteiger partial charge in [0.05, 0.1) is 12.1 Å². The minimum Gasteiger partial charge on any atom is -0.399 e. The molecule has 1 aromatic carbocycles. The van der Waals surface area contributed by atoms with E-state index in [0.29, 0.717) is 11.7 Å². The van der Waals surface area contributed by atoms with Crippen LogP contribution < -0.4 is 16.4 Å². The number of hydrogen-bond donors (Lipinski definition) is 3. The van der Waals surface area contributed by atoms with Gasteiger partial charge < -0.3 is 16.4 Å². The molecule has 1 amide bonds. The summed E-state index contributed by atoms with van der Waals surface area (Å²) in [6.45, 7) is 2.20. The number of anilines is 2. The molecule has 1 aliphatic carbocycles. The van der Waals surface area contributed by atoms with Crippen LogP contribution in [0, 0.1) is 6.92 Å². The van der Waals surface area contributed by atoms with Crippen LogP contribution in [0.1, 0.15) is 18.5 Å². The molecule has 20 heavy (non-hydrogen) atoms. The van der Waals surface area contributed by atoms with Gasteiger partial charge in [0, 0.05) is 28.5 Å². The Labute approximate surface area is 117 Å². The SMILES string of the molecule is Cc1cc(NCC(=O)NC2CC2)c2cc(N)ccc2n1. The molecular formula is C15H18N4O. The van der Waals surface area contributed by atoms with Crippen molar-refractivity contribution in [1.82, 2.24) is 10.3 Å². The number of rotatable bonds is 4. The molecule has 4 N–H and O–H groups in total. The number of aryl methyl sites for hydroxylation is 1. The minimum absolute atomic E-state index is 0.0269. The highest BCUT2D eigenvalue weighted by Gasteiger charge is 2.22. The summed E-state index contributed by atoms with van der Waals surface area (Å²) in [5, 5.41) is 7.08. The van der Waals surface area contributed by atoms with Crippen molar-refractivity contribution >= 4 is 28.2 Å². The van der Waals surface area contributed by atoms with Crippen molar-refractivity contribution in [3.8, 4) is 0 Å². The highest BCUT2D eigenvalue weighted by Crippen LogP contribution is 2.25. The largest absolute Gasteiger partial charge is 0.399 e. The van der Waals surface area contributed by atoms with Gasteiger partial charge >= 0.3 is 0 Å². The lowest BCUT2D eigenvalue weighted by molar-refractivity contribution is -0.119. The molecule has 3 rings (SSSR count). The second-order valence-electron chi connectivity index (χ2n) is 5.28. The average Bonchev–Trinajstić information content (AvgIpc) is 3.20. The molecule has 0 unspecified atom stereocenters. The van der Waals surface area contributed by atoms with Gasteiger partial charge in [-0.2, -0.15) is 0 Å². The molecule has 1 aromatic heterocycles. The summed E-state index contributed by atoms with van der Waals surface area (Å²) in [4.78, 5) is 16.2. The second kappa shape index (κ2) is 5.00. The van der Waals surface area contributed by atoms with Crippen LogP contribution in [0.5, 0.6) is 0 Å². The summed E-state index contributed by atoms with van der Waals surface area (Å²) in [6.07, 6.45) is 2.19. The van der Waals surface area contributed by atoms with Gasteiger partial charge in [0.25, 0.3) is 0 Å². The first-order valence-electron chi connectivity index (χ1n) is 6.82. The van der Waals surface area contributed by atoms with Gasteiger partial charge in [0.1, 0.15) is 0 Å². The predicted molar refractivity (Wildman–Crippen MR) is 80.5 cm³/mol. The van der Waals surface area contributed by atoms with Crippen molar-refractivity contribution in [2.75, 3.05) is 17.6 Å². The number of nitrogens with two attached hydrogens (primary N) is 1. The number of benzene rings is 1. The molecule has 0 atom stereocenters. The molecule has 5 heteroatoms. The van der Waals surface area contributed by atoms with E-state index in [1.165, 1.54) is 0 Å². The third-order valence-electron chi connectivity index (χ3n) is 3.34. The fourth-order valence-electron chi connectivity index (χ4n) is 2.20. The maximum Gasteiger partial charge on any atom is 0.239 e. The van der Waals surface area contributed by atoms with Crippen LogP contribution in [0.3, 0.4) is 0 Å². The third-order valence-corrected chi connectivity index (χ3v) is 3.34. The lowest BCUT2D eigenvalue weighted by Gasteiger charge is -2.11. The molecule has 104 valence electrons. The van der Waals surface area contributed by atoms with Gasteiger partial charge in [-0.15, -0.1) is 0 Å². The summed E-state index contributed by atoms with van der Waals surface area (Å²) < 4.78 is 0. The quantitative estimate of drug-likeness (QED) is 0.740. The van der Waals surface area contributed by atoms with Crippen molar-refractivity contribution in [1.29, 1.82) is 0 Å². The first-order valence-corrected chi connectivity index (χ1v) is 6.82. The van der Waals surface area contributed by atoms with E-state index in [-0.39, 0.29) is 12.5 Å². The molecule has 0 spiro atoms. The molecular weight excluding hydrogens is 252 g/mol. The van der Waals surface area contributed by atoms with Gasteiger partial charge in [-0.1, -0.05) is 0 Å². The summed E-state index contributed by atoms with van der Waals surface area (Å²) in [5.41, 5.74) is 9.20. The Bertz CT molecular complexity index is 664. The number of fused-ring (bicyclic) bond motifs is 1. The zero-order valence-electron chi connectivity index (χ0n) is 11.4. The standard InChI is InChI=1S/C15H18N4O/c1-9-6-14(17-8-15(20)19-11-3-4-11)12-7-10(16)2-5-13(12)18-9/h2,5-7,11H,3-4,8,16H2,1H3,(H,17,18)(H,19,20). The topological polar surface area (TPSA) is 80.0 Å². The maximum absolute atomic E-state index is 11.7. The third kappa shape index (κ3) is 2.82. The van der Waals surface area contributed by atoms with Crippen LogP contribution in [0.2, 0.25) is 0 Å². The number of aromatic nitrogens is 1. The van der Waals surface area contributed by atoms with Crippen LogP contribution in [-0.2, 0) is 4.79 Å². The van der Waals surface area contributed by atoms with E-state index in [1.807, 2.05) is 31.2 Å². The number of amides is 1. The van der Waals surface area contributed by atoms with Crippen molar-refractivity contribution in [3.63, 3.8) is 0 Å². The Morgan fingerprint density at radius 2 is 2.20 bits per heavy atom. The van der Waals surface area contributed by atoms with Gasteiger partial charge in [-0.05, 0) is 44.0 Å². The van der Waals surface area contributed by atoms with E-state index in [9.17, 15) is 4.79 Å². The lowest BCUT2D eigenvalue weighted by Crippen LogP contribution is -2.31. The van der Waals surface area contributed by atoms with Crippen molar-refractivity contribution in [2.24, 2.45) is 0 Å². The number of carbonyl (C=O) groups is 1. The van der Waals surface area contributed by atoms with E-state index in [0.717, 1.165) is 35.1 Å². The zero-order valence-corrected chi connectivity index (χ0v) is 11.4. The van der Waals surface area contributed by atoms with E-state index in [2.05, 4.69) is 15.6 Å². The maximum atomic E-state index is 11.7. The monoisotopic (exact) mass is 270 g/mol. The number of pyridine rings is 1. The van der Waals surface area contributed by atoms with Gasteiger partial charge in [0.15, 0.2) is 0 Å². The summed E-state index contributed by atoms with van der Waals surface area (Å²) in [6, 6.07) is 7.93. The van der Waals surface area contributed by atoms with Crippen LogP contribution in [0.4, 0.5) is 11.4 Å². The first kappa shape index (κ1) is 12.7. The number of nitrogens with one attached hydrogen (secondary N) is 2. The predicted octanol–water partition coefficient (Wildman–Crippen LogP) is 1.82. The van der Waals surface area contributed by atoms with Crippen molar-refractivity contribution < 1.29 is 4.79 Å². The fraction of sp³-hybridized carbons (Fsp3) is 0.333. The molecule has 0 radical (unpaired) electrons. The number of hydrogen-bond acceptors (Lipinski definition) is 4. The second-order valence-corrected chi connectivity index (χ2v) is 5.28. The van der Waals surface area contributed by atoms with Crippen molar-refractivity contribution in [2.45, 2.75) is 25.8 Å². The summed E-state index contributed by atoms with van der Waals surface area (Å²) in [5.74, 6) is 0.0269. The Morgan fingerprint density at radius 3 is 2.95 bits per heavy atom. The van der Waals surface area contributed by atoms with Crippen LogP contribution in [-0.4, -0.2) is 23.5 Å². The molecule has 1 aliphatic rings. The molecule has 0 saturated heterocycles. The van der Waals surface area contributed by atoms with Gasteiger partial charge in [-0.25, -0.2) is 0 Å². The molecule has 5 nitrogen and oxygen atoms in total. The highest BCUT2D eigenvalue weighted by molar-refractivity contribution is 5.95. The van der Waals surface area contributed by atoms with Gasteiger partial charge in [0.2, 0.25) is 5.91 Å². The Kier molecular flexibility index (Phi) is 3.18. The van der Waals surface area contributed by atoms with E-state index >= 15 is 0 Å². The Balaban J connectivity index is 1.81. The molecule has 1 fully saturated rings. The Morgan fingerprint density at radius 1 is 1.40 bits per heavy atom. The first-order chi connectivity index (χ1) is 9.61. The molecule has 1 heterocycles. The van der Waals surface area contributed by atoms with Crippen molar-refractivity contribution in [3.05, 3.63) is 30.0 Å². The van der Waals surface area contributed by atoms with Crippen LogP contribution in [0.25, 0.3) is 10.9 Å². The normalized spacial score (nSPS) is 14.2. The highest BCUT2D eigenvalue weighted by atomic mass is 16.2. The van der Waals surface area contributed by atoms with Gasteiger partial charge in [-0.3, -0.25) is 9.78 Å². The number of carbonyl (C=O) groups excluding carboxylic acids is 1. The Hall–Kier alpha value is -2.30. The molecule has 0 aliphatic heterocycles. The summed E-state index contributed by atoms with van der Waals surface area (Å²) in [7, 11) is 0. The molecule has 1 saturated carbocycles. The van der Waals surface area contributed by atoms with Crippen LogP contribution >= 0.6 is 0 Å². The zero-order chi connectivity index (χ0) is 14.1. The summed E-state index contributed by atoms with van der Waals surface area (Å²) >= 11 is 0.